The van der Waals surface area contributed by atoms with Crippen LogP contribution in [0.5, 0.6) is 5.88 Å². The first kappa shape index (κ1) is 14.4. The molecule has 3 rings (SSSR count). The fraction of sp³-hybridized carbons (Fsp3) is 0.125. The number of halogens is 1. The zero-order valence-electron chi connectivity index (χ0n) is 12.1. The molecule has 2 aromatic carbocycles. The number of fused-ring (bicyclic) bond motifs is 1. The van der Waals surface area contributed by atoms with Crippen molar-refractivity contribution in [2.45, 2.75) is 0 Å². The van der Waals surface area contributed by atoms with Gasteiger partial charge in [-0.25, -0.2) is 4.68 Å². The molecule has 1 amide bonds. The Morgan fingerprint density at radius 1 is 1.27 bits per heavy atom. The Hall–Kier alpha value is -2.53. The molecule has 0 aliphatic carbocycles. The number of anilines is 1. The number of nitrogens with zero attached hydrogens (tertiary/aromatic N) is 2. The van der Waals surface area contributed by atoms with E-state index in [-0.39, 0.29) is 5.91 Å². The van der Waals surface area contributed by atoms with Crippen molar-refractivity contribution in [3.8, 4) is 5.88 Å². The number of ether oxygens (including phenoxy) is 1. The van der Waals surface area contributed by atoms with Gasteiger partial charge in [0.1, 0.15) is 0 Å². The van der Waals surface area contributed by atoms with Gasteiger partial charge in [-0.15, -0.1) is 0 Å². The summed E-state index contributed by atoms with van der Waals surface area (Å²) in [5.74, 6) is 0.450. The first-order chi connectivity index (χ1) is 10.6. The highest BCUT2D eigenvalue weighted by molar-refractivity contribution is 6.31. The van der Waals surface area contributed by atoms with Gasteiger partial charge < -0.3 is 10.1 Å². The fourth-order valence-electron chi connectivity index (χ4n) is 2.33. The van der Waals surface area contributed by atoms with Crippen molar-refractivity contribution in [2.24, 2.45) is 7.05 Å². The second kappa shape index (κ2) is 5.69. The van der Waals surface area contributed by atoms with Crippen LogP contribution < -0.4 is 10.1 Å². The van der Waals surface area contributed by atoms with E-state index in [1.54, 1.807) is 55.2 Å². The van der Waals surface area contributed by atoms with Crippen LogP contribution in [0.2, 0.25) is 5.02 Å². The second-order valence-corrected chi connectivity index (χ2v) is 5.27. The topological polar surface area (TPSA) is 56.1 Å². The summed E-state index contributed by atoms with van der Waals surface area (Å²) in [5.41, 5.74) is 1.88. The van der Waals surface area contributed by atoms with E-state index < -0.39 is 0 Å². The highest BCUT2D eigenvalue weighted by Crippen LogP contribution is 2.25. The van der Waals surface area contributed by atoms with Crippen molar-refractivity contribution in [2.75, 3.05) is 12.4 Å². The Kier molecular flexibility index (Phi) is 3.73. The summed E-state index contributed by atoms with van der Waals surface area (Å²) in [7, 11) is 3.39. The Labute approximate surface area is 132 Å². The Morgan fingerprint density at radius 2 is 2.09 bits per heavy atom. The molecule has 6 heteroatoms. The maximum atomic E-state index is 12.3. The van der Waals surface area contributed by atoms with E-state index in [0.29, 0.717) is 27.7 Å². The molecule has 0 bridgehead atoms. The molecule has 3 aromatic rings. The molecular formula is C16H14ClN3O2. The monoisotopic (exact) mass is 315 g/mol. The number of methoxy groups -OCH3 is 1. The lowest BCUT2D eigenvalue weighted by molar-refractivity contribution is 0.102. The zero-order chi connectivity index (χ0) is 15.7. The van der Waals surface area contributed by atoms with Gasteiger partial charge in [0.25, 0.3) is 5.91 Å². The Morgan fingerprint density at radius 3 is 2.82 bits per heavy atom. The number of benzene rings is 2. The number of hydrogen-bond donors (Lipinski definition) is 1. The van der Waals surface area contributed by atoms with Crippen LogP contribution in [-0.2, 0) is 7.05 Å². The van der Waals surface area contributed by atoms with Crippen molar-refractivity contribution in [3.63, 3.8) is 0 Å². The number of carbonyl (C=O) groups excluding carboxylic acids is 1. The maximum Gasteiger partial charge on any atom is 0.255 e. The van der Waals surface area contributed by atoms with Crippen molar-refractivity contribution < 1.29 is 9.53 Å². The molecule has 0 atom stereocenters. The van der Waals surface area contributed by atoms with E-state index in [9.17, 15) is 4.79 Å². The van der Waals surface area contributed by atoms with Gasteiger partial charge in [-0.05, 0) is 36.4 Å². The van der Waals surface area contributed by atoms with Gasteiger partial charge >= 0.3 is 0 Å². The number of nitrogens with one attached hydrogen (secondary N) is 1. The molecule has 1 N–H and O–H groups in total. The van der Waals surface area contributed by atoms with Gasteiger partial charge in [-0.3, -0.25) is 4.79 Å². The molecule has 0 saturated heterocycles. The minimum absolute atomic E-state index is 0.214. The lowest BCUT2D eigenvalue weighted by Gasteiger charge is -2.05. The summed E-state index contributed by atoms with van der Waals surface area (Å²) in [5, 5.41) is 8.59. The number of aryl methyl sites for hydroxylation is 1. The number of rotatable bonds is 3. The van der Waals surface area contributed by atoms with E-state index in [0.717, 1.165) is 5.39 Å². The second-order valence-electron chi connectivity index (χ2n) is 4.83. The van der Waals surface area contributed by atoms with E-state index >= 15 is 0 Å². The molecule has 0 aliphatic heterocycles. The normalized spacial score (nSPS) is 10.7. The molecule has 1 heterocycles. The standard InChI is InChI=1S/C16H14ClN3O2/c1-20-16(22-2)13-7-6-10(8-14(13)19-20)15(21)18-12-5-3-4-11(17)9-12/h3-9H,1-2H3,(H,18,21). The first-order valence-corrected chi connectivity index (χ1v) is 7.04. The van der Waals surface area contributed by atoms with Gasteiger partial charge in [0, 0.05) is 23.3 Å². The SMILES string of the molecule is COc1c2ccc(C(=O)Nc3cccc(Cl)c3)cc2nn1C. The average molecular weight is 316 g/mol. The minimum Gasteiger partial charge on any atom is -0.481 e. The largest absolute Gasteiger partial charge is 0.481 e. The number of amides is 1. The zero-order valence-corrected chi connectivity index (χ0v) is 12.9. The summed E-state index contributed by atoms with van der Waals surface area (Å²) >= 11 is 5.91. The molecule has 0 spiro atoms. The van der Waals surface area contributed by atoms with Crippen LogP contribution in [0, 0.1) is 0 Å². The van der Waals surface area contributed by atoms with Crippen LogP contribution >= 0.6 is 11.6 Å². The van der Waals surface area contributed by atoms with Gasteiger partial charge in [-0.2, -0.15) is 5.10 Å². The molecule has 0 fully saturated rings. The van der Waals surface area contributed by atoms with E-state index in [1.807, 2.05) is 6.07 Å². The van der Waals surface area contributed by atoms with Gasteiger partial charge in [0.05, 0.1) is 18.0 Å². The predicted octanol–water partition coefficient (Wildman–Crippen LogP) is 3.49. The first-order valence-electron chi connectivity index (χ1n) is 6.66. The van der Waals surface area contributed by atoms with E-state index in [2.05, 4.69) is 10.4 Å². The molecule has 0 unspecified atom stereocenters. The quantitative estimate of drug-likeness (QED) is 0.805. The number of aromatic nitrogens is 2. The van der Waals surface area contributed by atoms with E-state index in [4.69, 9.17) is 16.3 Å². The molecule has 22 heavy (non-hydrogen) atoms. The predicted molar refractivity (Wildman–Crippen MR) is 86.7 cm³/mol. The Balaban J connectivity index is 1.91. The van der Waals surface area contributed by atoms with Gasteiger partial charge in [0.2, 0.25) is 5.88 Å². The van der Waals surface area contributed by atoms with Crippen LogP contribution in [0.25, 0.3) is 10.9 Å². The molecule has 112 valence electrons. The third-order valence-corrected chi connectivity index (χ3v) is 3.55. The third kappa shape index (κ3) is 2.63. The van der Waals surface area contributed by atoms with Crippen LogP contribution in [0.4, 0.5) is 5.69 Å². The smallest absolute Gasteiger partial charge is 0.255 e. The molecule has 1 aromatic heterocycles. The number of hydrogen-bond acceptors (Lipinski definition) is 3. The van der Waals surface area contributed by atoms with Crippen LogP contribution in [-0.4, -0.2) is 22.8 Å². The molecule has 0 radical (unpaired) electrons. The summed E-state index contributed by atoms with van der Waals surface area (Å²) in [6.07, 6.45) is 0. The summed E-state index contributed by atoms with van der Waals surface area (Å²) in [6, 6.07) is 12.3. The van der Waals surface area contributed by atoms with Crippen LogP contribution in [0.1, 0.15) is 10.4 Å². The summed E-state index contributed by atoms with van der Waals surface area (Å²) < 4.78 is 6.93. The van der Waals surface area contributed by atoms with Crippen molar-refractivity contribution in [1.29, 1.82) is 0 Å². The third-order valence-electron chi connectivity index (χ3n) is 3.32. The molecular weight excluding hydrogens is 302 g/mol. The lowest BCUT2D eigenvalue weighted by Crippen LogP contribution is -2.11. The molecule has 0 aliphatic rings. The van der Waals surface area contributed by atoms with Crippen LogP contribution in [0.3, 0.4) is 0 Å². The molecule has 0 saturated carbocycles. The highest BCUT2D eigenvalue weighted by Gasteiger charge is 2.13. The highest BCUT2D eigenvalue weighted by atomic mass is 35.5. The van der Waals surface area contributed by atoms with Crippen molar-refractivity contribution in [3.05, 3.63) is 53.1 Å². The molecule has 5 nitrogen and oxygen atoms in total. The van der Waals surface area contributed by atoms with Crippen molar-refractivity contribution in [1.82, 2.24) is 9.78 Å². The van der Waals surface area contributed by atoms with Crippen LogP contribution in [0.15, 0.2) is 42.5 Å². The average Bonchev–Trinajstić information content (AvgIpc) is 2.81. The summed E-state index contributed by atoms with van der Waals surface area (Å²) in [6.45, 7) is 0. The van der Waals surface area contributed by atoms with Gasteiger partial charge in [-0.1, -0.05) is 17.7 Å². The fourth-order valence-corrected chi connectivity index (χ4v) is 2.52. The summed E-state index contributed by atoms with van der Waals surface area (Å²) in [4.78, 5) is 12.3. The maximum absolute atomic E-state index is 12.3. The number of carbonyl (C=O) groups is 1. The Bertz CT molecular complexity index is 858. The van der Waals surface area contributed by atoms with Gasteiger partial charge in [0.15, 0.2) is 0 Å². The lowest BCUT2D eigenvalue weighted by atomic mass is 10.1. The van der Waals surface area contributed by atoms with Crippen molar-refractivity contribution >= 4 is 34.1 Å². The van der Waals surface area contributed by atoms with E-state index in [1.165, 1.54) is 0 Å². The minimum atomic E-state index is -0.214.